The van der Waals surface area contributed by atoms with E-state index in [1.165, 1.54) is 27.4 Å². The lowest BCUT2D eigenvalue weighted by atomic mass is 9.96. The average Bonchev–Trinajstić information content (AvgIpc) is 3.31. The Bertz CT molecular complexity index is 1480. The molecule has 0 bridgehead atoms. The van der Waals surface area contributed by atoms with Gasteiger partial charge >= 0.3 is 5.90 Å². The maximum atomic E-state index is 14.2. The van der Waals surface area contributed by atoms with Crippen molar-refractivity contribution < 1.29 is 27.7 Å². The highest BCUT2D eigenvalue weighted by Crippen LogP contribution is 2.36. The molecule has 2 amide bonds. The molecule has 3 unspecified atom stereocenters. The number of hydrogen-bond donors (Lipinski definition) is 1. The van der Waals surface area contributed by atoms with E-state index >= 15 is 0 Å². The van der Waals surface area contributed by atoms with E-state index in [1.54, 1.807) is 33.7 Å². The first-order chi connectivity index (χ1) is 18.9. The van der Waals surface area contributed by atoms with Crippen molar-refractivity contribution in [2.24, 2.45) is 0 Å². The van der Waals surface area contributed by atoms with Crippen molar-refractivity contribution in [1.29, 1.82) is 0 Å². The number of halogens is 3. The Balaban J connectivity index is 1.65. The van der Waals surface area contributed by atoms with Crippen molar-refractivity contribution in [2.45, 2.75) is 62.3 Å². The molecule has 214 valence electrons. The van der Waals surface area contributed by atoms with Crippen molar-refractivity contribution in [2.75, 3.05) is 19.6 Å². The van der Waals surface area contributed by atoms with Gasteiger partial charge in [-0.2, -0.15) is 8.88 Å². The smallest absolute Gasteiger partial charge is 0.334 e. The summed E-state index contributed by atoms with van der Waals surface area (Å²) >= 11 is 18.5. The second-order valence-electron chi connectivity index (χ2n) is 10.5. The fourth-order valence-electron chi connectivity index (χ4n) is 5.76. The second kappa shape index (κ2) is 11.1. The summed E-state index contributed by atoms with van der Waals surface area (Å²) in [5, 5.41) is 11.4. The number of amides is 2. The topological polar surface area (TPSA) is 101 Å². The van der Waals surface area contributed by atoms with Crippen LogP contribution in [0.1, 0.15) is 32.3 Å². The maximum Gasteiger partial charge on any atom is 0.334 e. The minimum Gasteiger partial charge on any atom is -0.463 e. The predicted octanol–water partition coefficient (Wildman–Crippen LogP) is 3.80. The molecule has 0 aliphatic carbocycles. The lowest BCUT2D eigenvalue weighted by molar-refractivity contribution is -0.555. The summed E-state index contributed by atoms with van der Waals surface area (Å²) in [4.78, 5) is 30.9. The molecule has 0 spiro atoms. The fraction of sp³-hybridized carbons (Fsp3) is 0.444. The number of aliphatic hydroxyl groups is 1. The van der Waals surface area contributed by atoms with Gasteiger partial charge < -0.3 is 14.9 Å². The standard InChI is InChI=1S/C27H29Cl3N4O5S/c1-16(2)32-15-24-33(40(38,39)23-10-9-19(29)13-20(23)30)14-22(31-11-3-4-25(31)35)27(37)34(24)21(26(32)36)12-17-5-7-18(28)8-6-17/h5-10,13,16,21-22,24H,3-4,11-12,14-15H2,1-2H3/p+1. The van der Waals surface area contributed by atoms with Gasteiger partial charge in [0.25, 0.3) is 5.91 Å². The molecule has 5 rings (SSSR count). The first-order valence-electron chi connectivity index (χ1n) is 13.1. The van der Waals surface area contributed by atoms with Gasteiger partial charge in [-0.3, -0.25) is 9.59 Å². The monoisotopic (exact) mass is 627 g/mol. The SMILES string of the molecule is CC(C)N1CC2N(C(=O)C([N+]3=C(O)CCC3)CN2S(=O)(=O)c2ccc(Cl)cc2Cl)C(Cc2ccc(Cl)cc2)C1=O. The van der Waals surface area contributed by atoms with Crippen LogP contribution in [0.5, 0.6) is 0 Å². The molecule has 0 aromatic heterocycles. The molecule has 3 aliphatic rings. The summed E-state index contributed by atoms with van der Waals surface area (Å²) in [7, 11) is -4.28. The molecular weight excluding hydrogens is 599 g/mol. The molecule has 2 fully saturated rings. The van der Waals surface area contributed by atoms with Crippen molar-refractivity contribution in [3.63, 3.8) is 0 Å². The molecule has 2 aromatic carbocycles. The molecule has 3 heterocycles. The van der Waals surface area contributed by atoms with Gasteiger partial charge in [0.2, 0.25) is 22.0 Å². The Morgan fingerprint density at radius 1 is 1.00 bits per heavy atom. The maximum absolute atomic E-state index is 14.2. The van der Waals surface area contributed by atoms with E-state index in [4.69, 9.17) is 34.8 Å². The van der Waals surface area contributed by atoms with Crippen molar-refractivity contribution in [3.05, 3.63) is 63.1 Å². The summed E-state index contributed by atoms with van der Waals surface area (Å²) in [6, 6.07) is 8.90. The Kier molecular flexibility index (Phi) is 8.11. The Morgan fingerprint density at radius 2 is 1.68 bits per heavy atom. The summed E-state index contributed by atoms with van der Waals surface area (Å²) in [6.45, 7) is 3.88. The van der Waals surface area contributed by atoms with Crippen LogP contribution >= 0.6 is 34.8 Å². The minimum absolute atomic E-state index is 0.00773. The first kappa shape index (κ1) is 29.1. The normalized spacial score (nSPS) is 24.3. The number of aliphatic hydroxyl groups excluding tert-OH is 1. The third-order valence-corrected chi connectivity index (χ3v) is 10.6. The number of carbonyl (C=O) groups excluding carboxylic acids is 2. The van der Waals surface area contributed by atoms with E-state index in [1.807, 2.05) is 13.8 Å². The molecule has 13 heteroatoms. The lowest BCUT2D eigenvalue weighted by Gasteiger charge is -2.53. The van der Waals surface area contributed by atoms with Crippen LogP contribution in [0.15, 0.2) is 47.4 Å². The van der Waals surface area contributed by atoms with Gasteiger partial charge in [0.15, 0.2) is 0 Å². The molecular formula is C27H30Cl3N4O5S+. The van der Waals surface area contributed by atoms with Gasteiger partial charge in [-0.15, -0.1) is 0 Å². The Labute approximate surface area is 248 Å². The Morgan fingerprint density at radius 3 is 2.27 bits per heavy atom. The quantitative estimate of drug-likeness (QED) is 0.491. The van der Waals surface area contributed by atoms with Crippen LogP contribution in [0.25, 0.3) is 0 Å². The zero-order valence-corrected chi connectivity index (χ0v) is 25.1. The zero-order valence-electron chi connectivity index (χ0n) is 22.0. The van der Waals surface area contributed by atoms with Crippen molar-refractivity contribution >= 4 is 62.5 Å². The first-order valence-corrected chi connectivity index (χ1v) is 15.6. The van der Waals surface area contributed by atoms with E-state index in [9.17, 15) is 23.1 Å². The third kappa shape index (κ3) is 5.20. The van der Waals surface area contributed by atoms with Crippen LogP contribution < -0.4 is 0 Å². The molecule has 2 aromatic rings. The molecule has 0 radical (unpaired) electrons. The number of carbonyl (C=O) groups is 2. The van der Waals surface area contributed by atoms with Crippen LogP contribution in [-0.4, -0.2) is 93.8 Å². The third-order valence-electron chi connectivity index (χ3n) is 7.76. The van der Waals surface area contributed by atoms with Crippen molar-refractivity contribution in [1.82, 2.24) is 14.1 Å². The zero-order chi connectivity index (χ0) is 28.9. The number of nitrogens with zero attached hydrogens (tertiary/aromatic N) is 4. The molecule has 40 heavy (non-hydrogen) atoms. The molecule has 1 N–H and O–H groups in total. The number of rotatable bonds is 6. The van der Waals surface area contributed by atoms with Crippen LogP contribution in [0.2, 0.25) is 15.1 Å². The highest BCUT2D eigenvalue weighted by molar-refractivity contribution is 7.89. The van der Waals surface area contributed by atoms with Crippen LogP contribution in [0.3, 0.4) is 0 Å². The van der Waals surface area contributed by atoms with Gasteiger partial charge in [-0.05, 0) is 49.7 Å². The largest absolute Gasteiger partial charge is 0.463 e. The number of hydrogen-bond acceptors (Lipinski definition) is 4. The molecule has 3 atom stereocenters. The number of benzene rings is 2. The number of fused-ring (bicyclic) bond motifs is 1. The van der Waals surface area contributed by atoms with Gasteiger partial charge in [0, 0.05) is 28.9 Å². The van der Waals surface area contributed by atoms with Crippen LogP contribution in [0.4, 0.5) is 0 Å². The van der Waals surface area contributed by atoms with Gasteiger partial charge in [-0.1, -0.05) is 46.9 Å². The predicted molar refractivity (Wildman–Crippen MR) is 153 cm³/mol. The van der Waals surface area contributed by atoms with Gasteiger partial charge in [0.05, 0.1) is 24.5 Å². The molecule has 3 aliphatic heterocycles. The van der Waals surface area contributed by atoms with Crippen molar-refractivity contribution in [3.8, 4) is 0 Å². The van der Waals surface area contributed by atoms with E-state index in [0.717, 1.165) is 5.56 Å². The molecule has 0 saturated carbocycles. The summed E-state index contributed by atoms with van der Waals surface area (Å²) in [5.74, 6) is -0.644. The summed E-state index contributed by atoms with van der Waals surface area (Å²) < 4.78 is 31.3. The summed E-state index contributed by atoms with van der Waals surface area (Å²) in [5.41, 5.74) is 0.771. The van der Waals surface area contributed by atoms with E-state index in [-0.39, 0.29) is 52.3 Å². The Hall–Kier alpha value is -2.37. The highest BCUT2D eigenvalue weighted by Gasteiger charge is 2.57. The van der Waals surface area contributed by atoms with Gasteiger partial charge in [-0.25, -0.2) is 8.42 Å². The lowest BCUT2D eigenvalue weighted by Crippen LogP contribution is -2.76. The van der Waals surface area contributed by atoms with Crippen LogP contribution in [-0.2, 0) is 26.0 Å². The van der Waals surface area contributed by atoms with E-state index in [0.29, 0.717) is 24.4 Å². The van der Waals surface area contributed by atoms with Gasteiger partial charge in [0.1, 0.15) is 23.6 Å². The fourth-order valence-corrected chi connectivity index (χ4v) is 8.21. The summed E-state index contributed by atoms with van der Waals surface area (Å²) in [6.07, 6.45) is 0.197. The van der Waals surface area contributed by atoms with E-state index in [2.05, 4.69) is 0 Å². The molecule has 9 nitrogen and oxygen atoms in total. The minimum atomic E-state index is -4.28. The average molecular weight is 629 g/mol. The second-order valence-corrected chi connectivity index (χ2v) is 13.7. The number of piperazine rings is 1. The van der Waals surface area contributed by atoms with E-state index < -0.39 is 34.2 Å². The number of sulfonamides is 1. The highest BCUT2D eigenvalue weighted by atomic mass is 35.5. The van der Waals surface area contributed by atoms with Crippen LogP contribution in [0, 0.1) is 0 Å². The molecule has 2 saturated heterocycles.